The molecule has 3 atom stereocenters. The number of nitrogens with zero attached hydrogens (tertiary/aromatic N) is 1. The van der Waals surface area contributed by atoms with Crippen molar-refractivity contribution in [3.05, 3.63) is 29.6 Å². The molecule has 0 aromatic heterocycles. The van der Waals surface area contributed by atoms with Crippen LogP contribution in [0, 0.1) is 17.7 Å². The quantitative estimate of drug-likeness (QED) is 0.324. The van der Waals surface area contributed by atoms with Crippen molar-refractivity contribution in [1.82, 2.24) is 15.5 Å². The summed E-state index contributed by atoms with van der Waals surface area (Å²) >= 11 is 0. The van der Waals surface area contributed by atoms with E-state index in [1.807, 2.05) is 11.9 Å². The number of hydrogen-bond donors (Lipinski definition) is 3. The second kappa shape index (κ2) is 14.9. The van der Waals surface area contributed by atoms with E-state index in [-0.39, 0.29) is 23.6 Å². The Morgan fingerprint density at radius 1 is 1.19 bits per heavy atom. The van der Waals surface area contributed by atoms with Gasteiger partial charge in [0, 0.05) is 45.3 Å². The number of amides is 2. The predicted molar refractivity (Wildman–Crippen MR) is 144 cm³/mol. The fourth-order valence-corrected chi connectivity index (χ4v) is 6.35. The van der Waals surface area contributed by atoms with Gasteiger partial charge in [0.15, 0.2) is 0 Å². The van der Waals surface area contributed by atoms with Crippen LogP contribution in [0.15, 0.2) is 18.2 Å². The van der Waals surface area contributed by atoms with E-state index in [0.29, 0.717) is 50.6 Å². The van der Waals surface area contributed by atoms with E-state index < -0.39 is 11.4 Å². The number of nitrogens with one attached hydrogen (secondary N) is 2. The molecule has 3 N–H and O–H groups in total. The van der Waals surface area contributed by atoms with E-state index in [9.17, 15) is 9.90 Å². The van der Waals surface area contributed by atoms with Gasteiger partial charge in [-0.1, -0.05) is 38.2 Å². The summed E-state index contributed by atoms with van der Waals surface area (Å²) in [5.74, 6) is 0.225. The summed E-state index contributed by atoms with van der Waals surface area (Å²) in [5.41, 5.74) is -1.25. The fraction of sp³-hybridized carbons (Fsp3) is 0.759. The number of carbonyl (C=O) groups excluding carboxylic acids is 1. The van der Waals surface area contributed by atoms with Crippen molar-refractivity contribution < 1.29 is 23.8 Å². The van der Waals surface area contributed by atoms with Gasteiger partial charge in [-0.2, -0.15) is 0 Å². The van der Waals surface area contributed by atoms with Gasteiger partial charge < -0.3 is 30.1 Å². The van der Waals surface area contributed by atoms with Gasteiger partial charge in [-0.3, -0.25) is 0 Å². The molecule has 37 heavy (non-hydrogen) atoms. The highest BCUT2D eigenvalue weighted by molar-refractivity contribution is 5.74. The minimum atomic E-state index is -1.45. The largest absolute Gasteiger partial charge is 0.496 e. The third kappa shape index (κ3) is 8.04. The standard InChI is InChI=1S/C29H48FN3O4/c1-31-20-24(19-22-11-5-4-6-12-22)32-28(34)33-17-10-13-23(21-33)29(35,16-7-8-18-36-2)27-25(30)14-9-15-26(27)37-3/h9,14-15,22-24,31,35H,4-8,10-13,16-21H2,1-3H3,(H,32,34). The molecule has 3 rings (SSSR count). The number of likely N-dealkylation sites (N-methyl/N-ethyl adjacent to an activating group) is 1. The van der Waals surface area contributed by atoms with Crippen LogP contribution in [0.1, 0.15) is 76.2 Å². The van der Waals surface area contributed by atoms with Gasteiger partial charge >= 0.3 is 6.03 Å². The van der Waals surface area contributed by atoms with Gasteiger partial charge in [0.1, 0.15) is 17.2 Å². The van der Waals surface area contributed by atoms with Gasteiger partial charge in [0.2, 0.25) is 0 Å². The predicted octanol–water partition coefficient (Wildman–Crippen LogP) is 4.82. The summed E-state index contributed by atoms with van der Waals surface area (Å²) in [5, 5.41) is 18.7. The Kier molecular flexibility index (Phi) is 11.9. The van der Waals surface area contributed by atoms with Gasteiger partial charge in [0.25, 0.3) is 0 Å². The Hall–Kier alpha value is -1.90. The first-order valence-corrected chi connectivity index (χ1v) is 14.2. The highest BCUT2D eigenvalue weighted by atomic mass is 19.1. The number of aliphatic hydroxyl groups is 1. The maximum atomic E-state index is 15.2. The molecule has 1 aromatic carbocycles. The molecule has 2 fully saturated rings. The van der Waals surface area contributed by atoms with E-state index in [1.165, 1.54) is 45.3 Å². The lowest BCUT2D eigenvalue weighted by molar-refractivity contribution is -0.0602. The summed E-state index contributed by atoms with van der Waals surface area (Å²) < 4.78 is 25.9. The van der Waals surface area contributed by atoms with Crippen molar-refractivity contribution >= 4 is 6.03 Å². The van der Waals surface area contributed by atoms with Crippen molar-refractivity contribution in [3.8, 4) is 5.75 Å². The molecule has 0 spiro atoms. The lowest BCUT2D eigenvalue weighted by atomic mass is 9.73. The number of carbonyl (C=O) groups is 1. The Bertz CT molecular complexity index is 835. The molecule has 0 bridgehead atoms. The second-order valence-corrected chi connectivity index (χ2v) is 10.9. The van der Waals surface area contributed by atoms with Crippen molar-refractivity contribution in [3.63, 3.8) is 0 Å². The number of ether oxygens (including phenoxy) is 2. The average molecular weight is 522 g/mol. The Balaban J connectivity index is 1.75. The zero-order valence-electron chi connectivity index (χ0n) is 23.1. The molecular weight excluding hydrogens is 473 g/mol. The molecule has 1 saturated carbocycles. The van der Waals surface area contributed by atoms with Crippen LogP contribution >= 0.6 is 0 Å². The van der Waals surface area contributed by atoms with Crippen LogP contribution < -0.4 is 15.4 Å². The summed E-state index contributed by atoms with van der Waals surface area (Å²) in [7, 11) is 5.07. The normalized spacial score (nSPS) is 21.3. The molecular formula is C29H48FN3O4. The minimum Gasteiger partial charge on any atom is -0.496 e. The van der Waals surface area contributed by atoms with Crippen LogP contribution in [-0.4, -0.2) is 69.6 Å². The summed E-state index contributed by atoms with van der Waals surface area (Å²) in [6.45, 7) is 2.32. The molecule has 1 saturated heterocycles. The number of benzene rings is 1. The van der Waals surface area contributed by atoms with Crippen LogP contribution in [0.25, 0.3) is 0 Å². The Morgan fingerprint density at radius 2 is 1.97 bits per heavy atom. The monoisotopic (exact) mass is 521 g/mol. The first-order chi connectivity index (χ1) is 17.9. The fourth-order valence-electron chi connectivity index (χ4n) is 6.35. The van der Waals surface area contributed by atoms with Gasteiger partial charge in [-0.25, -0.2) is 9.18 Å². The topological polar surface area (TPSA) is 83.1 Å². The van der Waals surface area contributed by atoms with Crippen LogP contribution in [0.5, 0.6) is 5.75 Å². The summed E-state index contributed by atoms with van der Waals surface area (Å²) in [4.78, 5) is 15.2. The maximum absolute atomic E-state index is 15.2. The van der Waals surface area contributed by atoms with E-state index in [0.717, 1.165) is 25.8 Å². The number of hydrogen-bond acceptors (Lipinski definition) is 5. The molecule has 1 aromatic rings. The molecule has 1 heterocycles. The molecule has 2 aliphatic rings. The van der Waals surface area contributed by atoms with Crippen LogP contribution in [0.4, 0.5) is 9.18 Å². The minimum absolute atomic E-state index is 0.0700. The third-order valence-corrected chi connectivity index (χ3v) is 8.29. The SMILES string of the molecule is CNCC(CC1CCCCC1)NC(=O)N1CCCC(C(O)(CCCCOC)c2c(F)cccc2OC)C1. The number of rotatable bonds is 13. The molecule has 7 nitrogen and oxygen atoms in total. The molecule has 210 valence electrons. The van der Waals surface area contributed by atoms with E-state index >= 15 is 4.39 Å². The van der Waals surface area contributed by atoms with Crippen LogP contribution in [-0.2, 0) is 10.3 Å². The maximum Gasteiger partial charge on any atom is 0.317 e. The number of unbranched alkanes of at least 4 members (excludes halogenated alkanes) is 1. The zero-order valence-corrected chi connectivity index (χ0v) is 23.1. The van der Waals surface area contributed by atoms with Gasteiger partial charge in [-0.15, -0.1) is 0 Å². The number of likely N-dealkylation sites (tertiary alicyclic amines) is 1. The zero-order chi connectivity index (χ0) is 26.7. The van der Waals surface area contributed by atoms with E-state index in [1.54, 1.807) is 19.2 Å². The van der Waals surface area contributed by atoms with Crippen LogP contribution in [0.3, 0.4) is 0 Å². The van der Waals surface area contributed by atoms with Crippen molar-refractivity contribution in [2.75, 3.05) is 47.5 Å². The highest BCUT2D eigenvalue weighted by Gasteiger charge is 2.44. The first kappa shape index (κ1) is 29.7. The van der Waals surface area contributed by atoms with E-state index in [4.69, 9.17) is 9.47 Å². The molecule has 1 aliphatic carbocycles. The smallest absolute Gasteiger partial charge is 0.317 e. The van der Waals surface area contributed by atoms with Crippen LogP contribution in [0.2, 0.25) is 0 Å². The summed E-state index contributed by atoms with van der Waals surface area (Å²) in [6.07, 6.45) is 10.6. The van der Waals surface area contributed by atoms with E-state index in [2.05, 4.69) is 10.6 Å². The second-order valence-electron chi connectivity index (χ2n) is 10.9. The first-order valence-electron chi connectivity index (χ1n) is 14.2. The van der Waals surface area contributed by atoms with Gasteiger partial charge in [-0.05, 0) is 63.6 Å². The summed E-state index contributed by atoms with van der Waals surface area (Å²) in [6, 6.07) is 4.64. The Morgan fingerprint density at radius 3 is 2.68 bits per heavy atom. The number of halogens is 1. The molecule has 0 radical (unpaired) electrons. The molecule has 8 heteroatoms. The number of urea groups is 1. The molecule has 3 unspecified atom stereocenters. The number of methoxy groups -OCH3 is 2. The average Bonchev–Trinajstić information content (AvgIpc) is 2.91. The highest BCUT2D eigenvalue weighted by Crippen LogP contribution is 2.44. The number of piperidine rings is 1. The lowest BCUT2D eigenvalue weighted by Gasteiger charge is -2.43. The van der Waals surface area contributed by atoms with Crippen molar-refractivity contribution in [2.24, 2.45) is 11.8 Å². The Labute approximate surface area is 222 Å². The molecule has 2 amide bonds. The third-order valence-electron chi connectivity index (χ3n) is 8.29. The van der Waals surface area contributed by atoms with Gasteiger partial charge in [0.05, 0.1) is 12.7 Å². The molecule has 1 aliphatic heterocycles. The van der Waals surface area contributed by atoms with Crippen molar-refractivity contribution in [1.29, 1.82) is 0 Å². The van der Waals surface area contributed by atoms with Crippen molar-refractivity contribution in [2.45, 2.75) is 82.3 Å². The lowest BCUT2D eigenvalue weighted by Crippen LogP contribution is -2.54.